The van der Waals surface area contributed by atoms with Gasteiger partial charge in [0.05, 0.1) is 31.4 Å². The Labute approximate surface area is 181 Å². The summed E-state index contributed by atoms with van der Waals surface area (Å²) >= 11 is 0. The minimum absolute atomic E-state index is 0.139. The third-order valence-electron chi connectivity index (χ3n) is 5.11. The number of aromatic nitrogens is 4. The Morgan fingerprint density at radius 3 is 2.75 bits per heavy atom. The van der Waals surface area contributed by atoms with E-state index in [0.29, 0.717) is 16.8 Å². The van der Waals surface area contributed by atoms with Crippen LogP contribution in [0.3, 0.4) is 0 Å². The largest absolute Gasteiger partial charge is 0.497 e. The number of amides is 1. The molecule has 0 atom stereocenters. The highest BCUT2D eigenvalue weighted by Gasteiger charge is 2.14. The van der Waals surface area contributed by atoms with Gasteiger partial charge in [-0.15, -0.1) is 0 Å². The first kappa shape index (κ1) is 19.6. The molecule has 32 heavy (non-hydrogen) atoms. The molecule has 0 saturated heterocycles. The molecule has 9 heteroatoms. The standard InChI is InChI=1S/C23H19N5O4/c1-31-17-8-6-16(7-9-17)28-11-10-15(26-28)12-24-20(29)13-27-14-25-21-18-4-2-3-5-19(18)32-22(21)23(27)30/h2-11,14H,12-13H2,1H3,(H,24,29). The summed E-state index contributed by atoms with van der Waals surface area (Å²) in [5.74, 6) is 0.433. The predicted molar refractivity (Wildman–Crippen MR) is 118 cm³/mol. The van der Waals surface area contributed by atoms with Gasteiger partial charge in [-0.3, -0.25) is 14.2 Å². The van der Waals surface area contributed by atoms with Crippen LogP contribution >= 0.6 is 0 Å². The average Bonchev–Trinajstić information content (AvgIpc) is 3.45. The zero-order chi connectivity index (χ0) is 22.1. The van der Waals surface area contributed by atoms with Crippen LogP contribution in [0.2, 0.25) is 0 Å². The minimum Gasteiger partial charge on any atom is -0.497 e. The van der Waals surface area contributed by atoms with E-state index in [1.807, 2.05) is 54.7 Å². The van der Waals surface area contributed by atoms with E-state index in [2.05, 4.69) is 15.4 Å². The number of benzene rings is 2. The zero-order valence-electron chi connectivity index (χ0n) is 17.2. The molecule has 2 aromatic carbocycles. The van der Waals surface area contributed by atoms with E-state index in [-0.39, 0.29) is 24.6 Å². The SMILES string of the molecule is COc1ccc(-n2ccc(CNC(=O)Cn3cnc4c(oc5ccccc54)c3=O)n2)cc1. The molecule has 5 aromatic rings. The number of furan rings is 1. The molecule has 1 amide bonds. The van der Waals surface area contributed by atoms with Crippen LogP contribution in [0, 0.1) is 0 Å². The van der Waals surface area contributed by atoms with Gasteiger partial charge in [0.15, 0.2) is 0 Å². The van der Waals surface area contributed by atoms with Crippen molar-refractivity contribution in [2.75, 3.05) is 7.11 Å². The van der Waals surface area contributed by atoms with Crippen molar-refractivity contribution in [2.24, 2.45) is 0 Å². The fourth-order valence-corrected chi connectivity index (χ4v) is 3.46. The van der Waals surface area contributed by atoms with E-state index in [1.54, 1.807) is 17.9 Å². The van der Waals surface area contributed by atoms with E-state index in [4.69, 9.17) is 9.15 Å². The number of hydrogen-bond acceptors (Lipinski definition) is 6. The Morgan fingerprint density at radius 1 is 1.12 bits per heavy atom. The van der Waals surface area contributed by atoms with Crippen LogP contribution < -0.4 is 15.6 Å². The number of carbonyl (C=O) groups is 1. The number of nitrogens with zero attached hydrogens (tertiary/aromatic N) is 4. The number of rotatable bonds is 6. The maximum atomic E-state index is 12.7. The molecule has 0 aliphatic rings. The van der Waals surface area contributed by atoms with Gasteiger partial charge in [-0.25, -0.2) is 9.67 Å². The molecule has 0 radical (unpaired) electrons. The fraction of sp³-hybridized carbons (Fsp3) is 0.130. The molecular formula is C23H19N5O4. The molecule has 0 spiro atoms. The summed E-state index contributed by atoms with van der Waals surface area (Å²) in [5, 5.41) is 8.01. The van der Waals surface area contributed by atoms with Gasteiger partial charge in [-0.1, -0.05) is 12.1 Å². The van der Waals surface area contributed by atoms with Crippen molar-refractivity contribution in [1.29, 1.82) is 0 Å². The van der Waals surface area contributed by atoms with E-state index in [9.17, 15) is 9.59 Å². The average molecular weight is 429 g/mol. The molecule has 0 aliphatic carbocycles. The summed E-state index contributed by atoms with van der Waals surface area (Å²) in [7, 11) is 1.61. The van der Waals surface area contributed by atoms with Crippen molar-refractivity contribution in [3.63, 3.8) is 0 Å². The van der Waals surface area contributed by atoms with E-state index < -0.39 is 5.56 Å². The highest BCUT2D eigenvalue weighted by molar-refractivity contribution is 6.01. The van der Waals surface area contributed by atoms with Gasteiger partial charge in [0.25, 0.3) is 5.56 Å². The molecule has 0 bridgehead atoms. The summed E-state index contributed by atoms with van der Waals surface area (Å²) < 4.78 is 13.8. The molecule has 160 valence electrons. The van der Waals surface area contributed by atoms with Gasteiger partial charge in [0, 0.05) is 11.6 Å². The summed E-state index contributed by atoms with van der Waals surface area (Å²) in [6, 6.07) is 16.6. The fourth-order valence-electron chi connectivity index (χ4n) is 3.46. The number of methoxy groups -OCH3 is 1. The van der Waals surface area contributed by atoms with Crippen molar-refractivity contribution in [3.8, 4) is 11.4 Å². The lowest BCUT2D eigenvalue weighted by atomic mass is 10.2. The smallest absolute Gasteiger partial charge is 0.297 e. The van der Waals surface area contributed by atoms with Crippen LogP contribution in [0.15, 0.2) is 76.3 Å². The predicted octanol–water partition coefficient (Wildman–Crippen LogP) is 2.65. The van der Waals surface area contributed by atoms with E-state index >= 15 is 0 Å². The number of para-hydroxylation sites is 1. The van der Waals surface area contributed by atoms with Gasteiger partial charge in [-0.2, -0.15) is 5.10 Å². The molecule has 1 N–H and O–H groups in total. The second kappa shape index (κ2) is 8.03. The monoisotopic (exact) mass is 429 g/mol. The lowest BCUT2D eigenvalue weighted by Crippen LogP contribution is -2.32. The number of hydrogen-bond donors (Lipinski definition) is 1. The Hall–Kier alpha value is -4.40. The number of ether oxygens (including phenoxy) is 1. The zero-order valence-corrected chi connectivity index (χ0v) is 17.2. The maximum absolute atomic E-state index is 12.7. The Morgan fingerprint density at radius 2 is 1.94 bits per heavy atom. The van der Waals surface area contributed by atoms with Crippen LogP contribution in [0.4, 0.5) is 0 Å². The molecule has 3 aromatic heterocycles. The third kappa shape index (κ3) is 3.60. The highest BCUT2D eigenvalue weighted by atomic mass is 16.5. The summed E-state index contributed by atoms with van der Waals surface area (Å²) in [6.45, 7) is 0.0645. The summed E-state index contributed by atoms with van der Waals surface area (Å²) in [5.41, 5.74) is 2.38. The number of nitrogens with one attached hydrogen (secondary N) is 1. The van der Waals surface area contributed by atoms with Gasteiger partial charge in [0.2, 0.25) is 11.5 Å². The van der Waals surface area contributed by atoms with Gasteiger partial charge in [0.1, 0.15) is 23.4 Å². The van der Waals surface area contributed by atoms with Crippen molar-refractivity contribution in [1.82, 2.24) is 24.6 Å². The van der Waals surface area contributed by atoms with Crippen LogP contribution in [0.5, 0.6) is 5.75 Å². The first-order valence-electron chi connectivity index (χ1n) is 9.95. The first-order valence-corrected chi connectivity index (χ1v) is 9.95. The van der Waals surface area contributed by atoms with Crippen LogP contribution in [-0.2, 0) is 17.9 Å². The molecule has 0 fully saturated rings. The van der Waals surface area contributed by atoms with Gasteiger partial charge < -0.3 is 14.5 Å². The summed E-state index contributed by atoms with van der Waals surface area (Å²) in [4.78, 5) is 29.5. The third-order valence-corrected chi connectivity index (χ3v) is 5.11. The number of carbonyl (C=O) groups excluding carboxylic acids is 1. The Balaban J connectivity index is 1.26. The number of fused-ring (bicyclic) bond motifs is 3. The Bertz CT molecular complexity index is 1480. The second-order valence-electron chi connectivity index (χ2n) is 7.18. The first-order chi connectivity index (χ1) is 15.6. The molecule has 3 heterocycles. The molecule has 0 saturated carbocycles. The maximum Gasteiger partial charge on any atom is 0.297 e. The van der Waals surface area contributed by atoms with Crippen molar-refractivity contribution >= 4 is 28.0 Å². The van der Waals surface area contributed by atoms with Gasteiger partial charge >= 0.3 is 0 Å². The highest BCUT2D eigenvalue weighted by Crippen LogP contribution is 2.24. The van der Waals surface area contributed by atoms with Crippen LogP contribution in [0.25, 0.3) is 27.8 Å². The normalized spacial score (nSPS) is 11.2. The minimum atomic E-state index is -0.398. The van der Waals surface area contributed by atoms with E-state index in [1.165, 1.54) is 10.9 Å². The molecule has 9 nitrogen and oxygen atoms in total. The van der Waals surface area contributed by atoms with Crippen molar-refractivity contribution in [2.45, 2.75) is 13.1 Å². The lowest BCUT2D eigenvalue weighted by molar-refractivity contribution is -0.121. The molecular weight excluding hydrogens is 410 g/mol. The van der Waals surface area contributed by atoms with E-state index in [0.717, 1.165) is 16.8 Å². The molecule has 5 rings (SSSR count). The topological polar surface area (TPSA) is 104 Å². The quantitative estimate of drug-likeness (QED) is 0.445. The van der Waals surface area contributed by atoms with Crippen molar-refractivity contribution < 1.29 is 13.9 Å². The second-order valence-corrected chi connectivity index (χ2v) is 7.18. The van der Waals surface area contributed by atoms with Crippen LogP contribution in [-0.4, -0.2) is 32.3 Å². The molecule has 0 aliphatic heterocycles. The Kier molecular flexibility index (Phi) is 4.91. The van der Waals surface area contributed by atoms with Gasteiger partial charge in [-0.05, 0) is 42.5 Å². The summed E-state index contributed by atoms with van der Waals surface area (Å²) in [6.07, 6.45) is 3.18. The molecule has 0 unspecified atom stereocenters. The van der Waals surface area contributed by atoms with Crippen molar-refractivity contribution in [3.05, 3.63) is 83.2 Å². The van der Waals surface area contributed by atoms with Crippen LogP contribution in [0.1, 0.15) is 5.69 Å². The lowest BCUT2D eigenvalue weighted by Gasteiger charge is -2.06.